The molecular weight excluding hydrogens is 344 g/mol. The predicted molar refractivity (Wildman–Crippen MR) is 95.5 cm³/mol. The van der Waals surface area contributed by atoms with E-state index in [0.717, 1.165) is 12.8 Å². The fraction of sp³-hybridized carbons (Fsp3) is 0.250. The number of carbonyl (C=O) groups is 1. The van der Waals surface area contributed by atoms with Crippen LogP contribution in [0, 0.1) is 10.1 Å². The third-order valence-corrected chi connectivity index (χ3v) is 4.13. The summed E-state index contributed by atoms with van der Waals surface area (Å²) in [6.45, 7) is 0.488. The van der Waals surface area contributed by atoms with Crippen LogP contribution in [0.2, 0.25) is 0 Å². The molecule has 2 rings (SSSR count). The average Bonchev–Trinajstić information content (AvgIpc) is 3.10. The van der Waals surface area contributed by atoms with Gasteiger partial charge in [-0.2, -0.15) is 0 Å². The number of nitro groups is 1. The molecule has 132 valence electrons. The second kappa shape index (κ2) is 9.38. The second-order valence-electron chi connectivity index (χ2n) is 5.07. The van der Waals surface area contributed by atoms with Crippen LogP contribution in [0.3, 0.4) is 0 Å². The summed E-state index contributed by atoms with van der Waals surface area (Å²) in [5.74, 6) is -0.000112. The van der Waals surface area contributed by atoms with Gasteiger partial charge in [-0.1, -0.05) is 6.07 Å². The smallest absolute Gasteiger partial charge is 0.414 e. The summed E-state index contributed by atoms with van der Waals surface area (Å²) in [6.07, 6.45) is 1.03. The van der Waals surface area contributed by atoms with Crippen molar-refractivity contribution in [3.05, 3.63) is 62.3 Å². The molecule has 1 aromatic carbocycles. The van der Waals surface area contributed by atoms with Crippen LogP contribution in [-0.4, -0.2) is 23.5 Å². The van der Waals surface area contributed by atoms with Gasteiger partial charge in [-0.05, 0) is 42.0 Å². The summed E-state index contributed by atoms with van der Waals surface area (Å²) in [5.41, 5.74) is 6.23. The minimum atomic E-state index is -0.724. The molecule has 2 aromatic rings. The summed E-state index contributed by atoms with van der Waals surface area (Å²) < 4.78 is 4.99. The maximum Gasteiger partial charge on any atom is 0.414 e. The number of aryl methyl sites for hydroxylation is 1. The van der Waals surface area contributed by atoms with Gasteiger partial charge >= 0.3 is 6.09 Å². The third kappa shape index (κ3) is 6.60. The lowest BCUT2D eigenvalue weighted by Gasteiger charge is -2.06. The molecule has 0 aliphatic carbocycles. The van der Waals surface area contributed by atoms with Crippen LogP contribution in [0.5, 0.6) is 0 Å². The monoisotopic (exact) mass is 362 g/mol. The maximum absolute atomic E-state index is 11.6. The van der Waals surface area contributed by atoms with Crippen molar-refractivity contribution < 1.29 is 14.5 Å². The Morgan fingerprint density at radius 1 is 1.32 bits per heavy atom. The van der Waals surface area contributed by atoms with Crippen LogP contribution in [0.15, 0.2) is 46.8 Å². The molecule has 0 aliphatic heterocycles. The Bertz CT molecular complexity index is 729. The highest BCUT2D eigenvalue weighted by molar-refractivity contribution is 7.09. The highest BCUT2D eigenvalue weighted by atomic mass is 32.1. The molecule has 9 heteroatoms. The molecule has 0 radical (unpaired) electrons. The van der Waals surface area contributed by atoms with Crippen LogP contribution in [0.4, 0.5) is 10.5 Å². The van der Waals surface area contributed by atoms with E-state index in [2.05, 4.69) is 16.4 Å². The molecule has 1 heterocycles. The van der Waals surface area contributed by atoms with Crippen LogP contribution < -0.4 is 11.1 Å². The van der Waals surface area contributed by atoms with E-state index in [1.54, 1.807) is 11.3 Å². The van der Waals surface area contributed by atoms with E-state index in [4.69, 9.17) is 10.5 Å². The fourth-order valence-electron chi connectivity index (χ4n) is 1.95. The number of nitro benzene ring substituents is 1. The summed E-state index contributed by atoms with van der Waals surface area (Å²) >= 11 is 1.69. The number of guanidine groups is 1. The van der Waals surface area contributed by atoms with E-state index >= 15 is 0 Å². The number of carbonyl (C=O) groups excluding carboxylic acids is 1. The van der Waals surface area contributed by atoms with Gasteiger partial charge in [0.2, 0.25) is 0 Å². The van der Waals surface area contributed by atoms with Gasteiger partial charge in [0.25, 0.3) is 5.69 Å². The number of hydrogen-bond acceptors (Lipinski definition) is 6. The number of nitrogens with zero attached hydrogens (tertiary/aromatic N) is 2. The molecule has 0 saturated carbocycles. The summed E-state index contributed by atoms with van der Waals surface area (Å²) in [6, 6.07) is 9.80. The first-order valence-electron chi connectivity index (χ1n) is 7.54. The first kappa shape index (κ1) is 18.4. The Hall–Kier alpha value is -2.94. The van der Waals surface area contributed by atoms with Crippen LogP contribution in [0.1, 0.15) is 16.9 Å². The lowest BCUT2D eigenvalue weighted by Crippen LogP contribution is -2.37. The minimum absolute atomic E-state index is 0.000112. The molecule has 0 aliphatic rings. The molecule has 25 heavy (non-hydrogen) atoms. The second-order valence-corrected chi connectivity index (χ2v) is 6.11. The standard InChI is InChI=1S/C16H18N4O4S/c17-15(18-9-1-3-14-4-2-10-25-14)19-16(21)24-11-12-5-7-13(8-6-12)20(22)23/h2,4-8,10H,1,3,9,11H2,(H3,17,18,19,21). The van der Waals surface area contributed by atoms with Crippen molar-refractivity contribution in [2.75, 3.05) is 6.54 Å². The number of aliphatic imine (C=N–C) groups is 1. The molecule has 0 saturated heterocycles. The number of nitrogens with one attached hydrogen (secondary N) is 1. The van der Waals surface area contributed by atoms with Gasteiger partial charge in [0.1, 0.15) is 6.61 Å². The number of nitrogens with two attached hydrogens (primary N) is 1. The van der Waals surface area contributed by atoms with E-state index in [0.29, 0.717) is 12.1 Å². The number of ether oxygens (including phenoxy) is 1. The lowest BCUT2D eigenvalue weighted by molar-refractivity contribution is -0.384. The lowest BCUT2D eigenvalue weighted by atomic mass is 10.2. The number of non-ortho nitro benzene ring substituents is 1. The van der Waals surface area contributed by atoms with Gasteiger partial charge in [-0.15, -0.1) is 11.3 Å². The molecule has 0 fully saturated rings. The maximum atomic E-state index is 11.6. The first-order chi connectivity index (χ1) is 12.0. The van der Waals surface area contributed by atoms with E-state index in [9.17, 15) is 14.9 Å². The molecule has 3 N–H and O–H groups in total. The Morgan fingerprint density at radius 2 is 2.08 bits per heavy atom. The third-order valence-electron chi connectivity index (χ3n) is 3.19. The molecule has 0 atom stereocenters. The van der Waals surface area contributed by atoms with E-state index in [-0.39, 0.29) is 18.3 Å². The van der Waals surface area contributed by atoms with Gasteiger partial charge in [0.15, 0.2) is 5.96 Å². The Kier molecular flexibility index (Phi) is 6.90. The van der Waals surface area contributed by atoms with Crippen molar-refractivity contribution in [1.82, 2.24) is 5.32 Å². The van der Waals surface area contributed by atoms with Gasteiger partial charge in [-0.3, -0.25) is 20.4 Å². The van der Waals surface area contributed by atoms with Crippen molar-refractivity contribution in [1.29, 1.82) is 0 Å². The predicted octanol–water partition coefficient (Wildman–Crippen LogP) is 2.83. The van der Waals surface area contributed by atoms with E-state index in [1.165, 1.54) is 29.1 Å². The average molecular weight is 362 g/mol. The Balaban J connectivity index is 1.68. The number of rotatable bonds is 7. The van der Waals surface area contributed by atoms with Gasteiger partial charge in [-0.25, -0.2) is 4.79 Å². The normalized spacial score (nSPS) is 11.1. The fourth-order valence-corrected chi connectivity index (χ4v) is 2.70. The molecule has 1 amide bonds. The quantitative estimate of drug-likeness (QED) is 0.258. The first-order valence-corrected chi connectivity index (χ1v) is 8.42. The van der Waals surface area contributed by atoms with Crippen LogP contribution in [0.25, 0.3) is 0 Å². The summed E-state index contributed by atoms with van der Waals surface area (Å²) in [4.78, 5) is 27.0. The number of amides is 1. The SMILES string of the molecule is NC(=NCCCc1cccs1)NC(=O)OCc1ccc([N+](=O)[O-])cc1. The number of thiophene rings is 1. The van der Waals surface area contributed by atoms with Crippen molar-refractivity contribution in [2.45, 2.75) is 19.4 Å². The van der Waals surface area contributed by atoms with Crippen LogP contribution in [-0.2, 0) is 17.8 Å². The van der Waals surface area contributed by atoms with Gasteiger partial charge < -0.3 is 10.5 Å². The molecule has 1 aromatic heterocycles. The summed E-state index contributed by atoms with van der Waals surface area (Å²) in [7, 11) is 0. The largest absolute Gasteiger partial charge is 0.444 e. The number of benzene rings is 1. The van der Waals surface area contributed by atoms with Crippen molar-refractivity contribution in [2.24, 2.45) is 10.7 Å². The van der Waals surface area contributed by atoms with Gasteiger partial charge in [0, 0.05) is 23.6 Å². The Morgan fingerprint density at radius 3 is 2.72 bits per heavy atom. The number of hydrogen-bond donors (Lipinski definition) is 2. The highest BCUT2D eigenvalue weighted by Crippen LogP contribution is 2.12. The Labute approximate surface area is 148 Å². The van der Waals surface area contributed by atoms with Crippen molar-refractivity contribution in [3.8, 4) is 0 Å². The number of alkyl carbamates (subject to hydrolysis) is 1. The zero-order valence-corrected chi connectivity index (χ0v) is 14.2. The van der Waals surface area contributed by atoms with E-state index in [1.807, 2.05) is 11.4 Å². The highest BCUT2D eigenvalue weighted by Gasteiger charge is 2.07. The van der Waals surface area contributed by atoms with Gasteiger partial charge in [0.05, 0.1) is 4.92 Å². The molecule has 0 bridgehead atoms. The topological polar surface area (TPSA) is 120 Å². The molecule has 8 nitrogen and oxygen atoms in total. The molecular formula is C16H18N4O4S. The van der Waals surface area contributed by atoms with Crippen molar-refractivity contribution >= 4 is 29.1 Å². The van der Waals surface area contributed by atoms with E-state index < -0.39 is 11.0 Å². The molecule has 0 spiro atoms. The van der Waals surface area contributed by atoms with Crippen LogP contribution >= 0.6 is 11.3 Å². The zero-order chi connectivity index (χ0) is 18.1. The molecule has 0 unspecified atom stereocenters. The zero-order valence-electron chi connectivity index (χ0n) is 13.4. The summed E-state index contributed by atoms with van der Waals surface area (Å²) in [5, 5.41) is 14.9. The minimum Gasteiger partial charge on any atom is -0.444 e. The van der Waals surface area contributed by atoms with Crippen molar-refractivity contribution in [3.63, 3.8) is 0 Å².